The lowest BCUT2D eigenvalue weighted by atomic mass is 9.93. The smallest absolute Gasteiger partial charge is 0.317 e. The maximum atomic E-state index is 12.0. The zero-order valence-electron chi connectivity index (χ0n) is 10.1. The van der Waals surface area contributed by atoms with Crippen LogP contribution in [0.3, 0.4) is 0 Å². The highest BCUT2D eigenvalue weighted by molar-refractivity contribution is 9.10. The van der Waals surface area contributed by atoms with E-state index in [9.17, 15) is 9.59 Å². The van der Waals surface area contributed by atoms with E-state index in [2.05, 4.69) is 15.9 Å². The van der Waals surface area contributed by atoms with Crippen LogP contribution in [-0.4, -0.2) is 26.2 Å². The number of halogens is 1. The lowest BCUT2D eigenvalue weighted by molar-refractivity contribution is -0.149. The molecular formula is C13H13BrO4. The fraction of sp³-hybridized carbons (Fsp3) is 0.385. The summed E-state index contributed by atoms with van der Waals surface area (Å²) < 4.78 is 10.5. The fourth-order valence-electron chi connectivity index (χ4n) is 2.28. The summed E-state index contributed by atoms with van der Waals surface area (Å²) in [5.41, 5.74) is -0.0873. The molecule has 0 N–H and O–H groups in total. The Morgan fingerprint density at radius 2 is 1.83 bits per heavy atom. The molecule has 2 rings (SSSR count). The predicted octanol–water partition coefficient (Wildman–Crippen LogP) is 2.05. The number of rotatable bonds is 3. The molecule has 0 radical (unpaired) electrons. The first-order chi connectivity index (χ1) is 8.56. The monoisotopic (exact) mass is 312 g/mol. The van der Waals surface area contributed by atoms with Crippen molar-refractivity contribution in [1.82, 2.24) is 0 Å². The van der Waals surface area contributed by atoms with Gasteiger partial charge in [0.25, 0.3) is 0 Å². The Balaban J connectivity index is 2.37. The van der Waals surface area contributed by atoms with Gasteiger partial charge in [0, 0.05) is 4.47 Å². The standard InChI is InChI=1S/C13H13BrO4/c1-17-11(15)10-7-13(10,12(16)18-2)8-3-5-9(14)6-4-8/h3-6,10H,7H2,1-2H3/t10-,13+/m0/s1. The minimum atomic E-state index is -0.872. The quantitative estimate of drug-likeness (QED) is 0.802. The zero-order valence-corrected chi connectivity index (χ0v) is 11.7. The highest BCUT2D eigenvalue weighted by Gasteiger charge is 2.66. The van der Waals surface area contributed by atoms with E-state index in [1.54, 1.807) is 0 Å². The van der Waals surface area contributed by atoms with Gasteiger partial charge in [-0.3, -0.25) is 9.59 Å². The average Bonchev–Trinajstić information content (AvgIpc) is 3.14. The first kappa shape index (κ1) is 13.1. The Morgan fingerprint density at radius 3 is 2.33 bits per heavy atom. The Kier molecular flexibility index (Phi) is 3.43. The molecule has 1 fully saturated rings. The summed E-state index contributed by atoms with van der Waals surface area (Å²) in [6, 6.07) is 7.33. The van der Waals surface area contributed by atoms with Crippen LogP contribution in [0.2, 0.25) is 0 Å². The molecule has 0 unspecified atom stereocenters. The van der Waals surface area contributed by atoms with Crippen LogP contribution >= 0.6 is 15.9 Å². The Hall–Kier alpha value is -1.36. The van der Waals surface area contributed by atoms with Crippen LogP contribution in [0.5, 0.6) is 0 Å². The SMILES string of the molecule is COC(=O)[C@@H]1C[C@@]1(C(=O)OC)c1ccc(Br)cc1. The third kappa shape index (κ3) is 1.92. The molecule has 0 bridgehead atoms. The van der Waals surface area contributed by atoms with E-state index in [0.717, 1.165) is 10.0 Å². The molecule has 0 spiro atoms. The summed E-state index contributed by atoms with van der Waals surface area (Å²) in [5.74, 6) is -1.21. The summed E-state index contributed by atoms with van der Waals surface area (Å²) in [6.45, 7) is 0. The average molecular weight is 313 g/mol. The van der Waals surface area contributed by atoms with Crippen molar-refractivity contribution in [3.63, 3.8) is 0 Å². The van der Waals surface area contributed by atoms with Gasteiger partial charge in [0.05, 0.1) is 20.1 Å². The second-order valence-corrected chi connectivity index (χ2v) is 5.17. The van der Waals surface area contributed by atoms with E-state index in [4.69, 9.17) is 9.47 Å². The molecule has 4 nitrogen and oxygen atoms in total. The first-order valence-corrected chi connectivity index (χ1v) is 6.28. The van der Waals surface area contributed by atoms with Gasteiger partial charge in [0.15, 0.2) is 0 Å². The van der Waals surface area contributed by atoms with Crippen LogP contribution in [0, 0.1) is 5.92 Å². The number of benzene rings is 1. The number of hydrogen-bond acceptors (Lipinski definition) is 4. The van der Waals surface area contributed by atoms with Crippen molar-refractivity contribution >= 4 is 27.9 Å². The largest absolute Gasteiger partial charge is 0.469 e. The minimum absolute atomic E-state index is 0.372. The predicted molar refractivity (Wildman–Crippen MR) is 68.0 cm³/mol. The molecule has 1 aliphatic rings. The van der Waals surface area contributed by atoms with Crippen molar-refractivity contribution < 1.29 is 19.1 Å². The minimum Gasteiger partial charge on any atom is -0.469 e. The highest BCUT2D eigenvalue weighted by atomic mass is 79.9. The van der Waals surface area contributed by atoms with E-state index in [1.807, 2.05) is 24.3 Å². The number of esters is 2. The van der Waals surface area contributed by atoms with Crippen molar-refractivity contribution in [3.05, 3.63) is 34.3 Å². The second-order valence-electron chi connectivity index (χ2n) is 4.25. The van der Waals surface area contributed by atoms with E-state index >= 15 is 0 Å². The van der Waals surface area contributed by atoms with Crippen LogP contribution in [0.15, 0.2) is 28.7 Å². The number of ether oxygens (including phenoxy) is 2. The Labute approximate surface area is 113 Å². The fourth-order valence-corrected chi connectivity index (χ4v) is 2.55. The number of carbonyl (C=O) groups is 2. The molecule has 1 aromatic carbocycles. The van der Waals surface area contributed by atoms with Crippen molar-refractivity contribution in [1.29, 1.82) is 0 Å². The lowest BCUT2D eigenvalue weighted by Gasteiger charge is -2.14. The molecule has 0 saturated heterocycles. The van der Waals surface area contributed by atoms with Gasteiger partial charge in [-0.05, 0) is 24.1 Å². The molecule has 1 aliphatic carbocycles. The molecule has 0 aliphatic heterocycles. The summed E-state index contributed by atoms with van der Waals surface area (Å²) >= 11 is 3.34. The molecular weight excluding hydrogens is 300 g/mol. The number of hydrogen-bond donors (Lipinski definition) is 0. The molecule has 96 valence electrons. The summed E-state index contributed by atoms with van der Waals surface area (Å²) in [6.07, 6.45) is 0.438. The highest BCUT2D eigenvalue weighted by Crippen LogP contribution is 2.55. The second kappa shape index (κ2) is 4.72. The van der Waals surface area contributed by atoms with Crippen molar-refractivity contribution in [2.24, 2.45) is 5.92 Å². The molecule has 0 aromatic heterocycles. The van der Waals surface area contributed by atoms with E-state index < -0.39 is 11.3 Å². The summed E-state index contributed by atoms with van der Waals surface area (Å²) in [4.78, 5) is 23.6. The van der Waals surface area contributed by atoms with E-state index in [1.165, 1.54) is 14.2 Å². The van der Waals surface area contributed by atoms with Crippen LogP contribution in [0.1, 0.15) is 12.0 Å². The van der Waals surface area contributed by atoms with E-state index in [-0.39, 0.29) is 11.9 Å². The van der Waals surface area contributed by atoms with Gasteiger partial charge in [-0.15, -0.1) is 0 Å². The van der Waals surface area contributed by atoms with Gasteiger partial charge in [-0.25, -0.2) is 0 Å². The Morgan fingerprint density at radius 1 is 1.22 bits per heavy atom. The van der Waals surface area contributed by atoms with Gasteiger partial charge in [0.1, 0.15) is 5.41 Å². The molecule has 1 aromatic rings. The van der Waals surface area contributed by atoms with Gasteiger partial charge in [0.2, 0.25) is 0 Å². The molecule has 5 heteroatoms. The van der Waals surface area contributed by atoms with Crippen molar-refractivity contribution in [3.8, 4) is 0 Å². The zero-order chi connectivity index (χ0) is 13.3. The van der Waals surface area contributed by atoms with E-state index in [0.29, 0.717) is 6.42 Å². The van der Waals surface area contributed by atoms with Crippen LogP contribution < -0.4 is 0 Å². The van der Waals surface area contributed by atoms with Crippen molar-refractivity contribution in [2.75, 3.05) is 14.2 Å². The summed E-state index contributed by atoms with van der Waals surface area (Å²) in [7, 11) is 2.65. The maximum Gasteiger partial charge on any atom is 0.317 e. The maximum absolute atomic E-state index is 12.0. The van der Waals surface area contributed by atoms with Crippen LogP contribution in [-0.2, 0) is 24.5 Å². The number of methoxy groups -OCH3 is 2. The third-order valence-corrected chi connectivity index (χ3v) is 3.88. The van der Waals surface area contributed by atoms with Crippen LogP contribution in [0.25, 0.3) is 0 Å². The molecule has 18 heavy (non-hydrogen) atoms. The normalized spacial score (nSPS) is 25.4. The molecule has 2 atom stereocenters. The molecule has 0 heterocycles. The van der Waals surface area contributed by atoms with Gasteiger partial charge >= 0.3 is 11.9 Å². The lowest BCUT2D eigenvalue weighted by Crippen LogP contribution is -2.27. The molecule has 0 amide bonds. The number of carbonyl (C=O) groups excluding carboxylic acids is 2. The topological polar surface area (TPSA) is 52.6 Å². The van der Waals surface area contributed by atoms with Gasteiger partial charge in [-0.2, -0.15) is 0 Å². The van der Waals surface area contributed by atoms with Gasteiger partial charge in [-0.1, -0.05) is 28.1 Å². The Bertz CT molecular complexity index is 482. The van der Waals surface area contributed by atoms with Gasteiger partial charge < -0.3 is 9.47 Å². The summed E-state index contributed by atoms with van der Waals surface area (Å²) in [5, 5.41) is 0. The third-order valence-electron chi connectivity index (χ3n) is 3.36. The van der Waals surface area contributed by atoms with Crippen molar-refractivity contribution in [2.45, 2.75) is 11.8 Å². The molecule has 1 saturated carbocycles. The first-order valence-electron chi connectivity index (χ1n) is 5.48. The van der Waals surface area contributed by atoms with Crippen LogP contribution in [0.4, 0.5) is 0 Å².